The number of hydrogen-bond donors (Lipinski definition) is 1. The van der Waals surface area contributed by atoms with Gasteiger partial charge in [0.1, 0.15) is 5.75 Å². The summed E-state index contributed by atoms with van der Waals surface area (Å²) in [5, 5.41) is 3.63. The molecular formula is C16H21BrClNO2. The fourth-order valence-corrected chi connectivity index (χ4v) is 3.37. The van der Waals surface area contributed by atoms with Crippen LogP contribution in [0.5, 0.6) is 5.75 Å². The summed E-state index contributed by atoms with van der Waals surface area (Å²) in [4.78, 5) is 12.1. The number of carbonyl (C=O) groups excluding carboxylic acids is 1. The molecule has 1 aromatic rings. The van der Waals surface area contributed by atoms with Crippen molar-refractivity contribution in [2.75, 3.05) is 6.54 Å². The number of benzene rings is 1. The van der Waals surface area contributed by atoms with Crippen molar-refractivity contribution in [2.45, 2.75) is 45.1 Å². The number of amides is 1. The predicted molar refractivity (Wildman–Crippen MR) is 88.8 cm³/mol. The molecule has 0 aromatic heterocycles. The Balaban J connectivity index is 1.81. The van der Waals surface area contributed by atoms with Crippen LogP contribution in [0.2, 0.25) is 5.02 Å². The summed E-state index contributed by atoms with van der Waals surface area (Å²) in [6.07, 6.45) is 5.81. The molecule has 1 amide bonds. The van der Waals surface area contributed by atoms with Crippen molar-refractivity contribution in [1.82, 2.24) is 5.32 Å². The molecule has 0 radical (unpaired) electrons. The standard InChI is InChI=1S/C16H21BrClNO2/c1-11(21-15-8-7-13(18)9-14(15)17)16(20)19-10-12-5-3-2-4-6-12/h7-9,11-12H,2-6,10H2,1H3,(H,19,20)/t11-/m1/s1. The molecule has 1 aromatic carbocycles. The van der Waals surface area contributed by atoms with E-state index in [4.69, 9.17) is 16.3 Å². The Morgan fingerprint density at radius 2 is 2.14 bits per heavy atom. The van der Waals surface area contributed by atoms with Gasteiger partial charge in [-0.2, -0.15) is 0 Å². The zero-order valence-electron chi connectivity index (χ0n) is 12.2. The third-order valence-corrected chi connectivity index (χ3v) is 4.71. The van der Waals surface area contributed by atoms with E-state index in [1.807, 2.05) is 0 Å². The highest BCUT2D eigenvalue weighted by Crippen LogP contribution is 2.28. The summed E-state index contributed by atoms with van der Waals surface area (Å²) in [5.41, 5.74) is 0. The topological polar surface area (TPSA) is 38.3 Å². The second-order valence-electron chi connectivity index (χ2n) is 5.58. The second-order valence-corrected chi connectivity index (χ2v) is 6.87. The Labute approximate surface area is 139 Å². The fourth-order valence-electron chi connectivity index (χ4n) is 2.59. The van der Waals surface area contributed by atoms with Crippen LogP contribution in [0, 0.1) is 5.92 Å². The summed E-state index contributed by atoms with van der Waals surface area (Å²) in [6.45, 7) is 2.52. The largest absolute Gasteiger partial charge is 0.480 e. The van der Waals surface area contributed by atoms with Gasteiger partial charge in [0, 0.05) is 11.6 Å². The molecule has 1 aliphatic rings. The minimum Gasteiger partial charge on any atom is -0.480 e. The first-order chi connectivity index (χ1) is 10.1. The van der Waals surface area contributed by atoms with Gasteiger partial charge in [-0.25, -0.2) is 0 Å². The van der Waals surface area contributed by atoms with Crippen molar-refractivity contribution < 1.29 is 9.53 Å². The van der Waals surface area contributed by atoms with E-state index < -0.39 is 6.10 Å². The first kappa shape index (κ1) is 16.6. The smallest absolute Gasteiger partial charge is 0.260 e. The van der Waals surface area contributed by atoms with Crippen LogP contribution in [0.3, 0.4) is 0 Å². The number of ether oxygens (including phenoxy) is 1. The molecule has 0 unspecified atom stereocenters. The van der Waals surface area contributed by atoms with Gasteiger partial charge < -0.3 is 10.1 Å². The normalized spacial score (nSPS) is 17.3. The van der Waals surface area contributed by atoms with Crippen LogP contribution in [0.15, 0.2) is 22.7 Å². The lowest BCUT2D eigenvalue weighted by molar-refractivity contribution is -0.127. The molecule has 1 aliphatic carbocycles. The summed E-state index contributed by atoms with van der Waals surface area (Å²) >= 11 is 9.27. The average Bonchev–Trinajstić information content (AvgIpc) is 2.48. The first-order valence-corrected chi connectivity index (χ1v) is 8.63. The van der Waals surface area contributed by atoms with Gasteiger partial charge in [-0.3, -0.25) is 4.79 Å². The molecule has 5 heteroatoms. The minimum atomic E-state index is -0.522. The molecule has 0 aliphatic heterocycles. The van der Waals surface area contributed by atoms with Crippen molar-refractivity contribution in [2.24, 2.45) is 5.92 Å². The van der Waals surface area contributed by atoms with Gasteiger partial charge in [0.15, 0.2) is 6.10 Å². The van der Waals surface area contributed by atoms with Crippen molar-refractivity contribution in [1.29, 1.82) is 0 Å². The van der Waals surface area contributed by atoms with Gasteiger partial charge in [-0.1, -0.05) is 30.9 Å². The van der Waals surface area contributed by atoms with E-state index in [0.29, 0.717) is 16.7 Å². The van der Waals surface area contributed by atoms with Crippen LogP contribution in [0.1, 0.15) is 39.0 Å². The average molecular weight is 375 g/mol. The van der Waals surface area contributed by atoms with Gasteiger partial charge in [0.2, 0.25) is 0 Å². The molecule has 0 spiro atoms. The quantitative estimate of drug-likeness (QED) is 0.820. The molecule has 2 rings (SSSR count). The van der Waals surface area contributed by atoms with Crippen LogP contribution < -0.4 is 10.1 Å². The van der Waals surface area contributed by atoms with Crippen LogP contribution in [-0.2, 0) is 4.79 Å². The van der Waals surface area contributed by atoms with Gasteiger partial charge >= 0.3 is 0 Å². The lowest BCUT2D eigenvalue weighted by atomic mass is 9.89. The van der Waals surface area contributed by atoms with Crippen molar-refractivity contribution >= 4 is 33.4 Å². The van der Waals surface area contributed by atoms with E-state index >= 15 is 0 Å². The lowest BCUT2D eigenvalue weighted by Gasteiger charge is -2.23. The molecule has 1 N–H and O–H groups in total. The summed E-state index contributed by atoms with van der Waals surface area (Å²) < 4.78 is 6.44. The van der Waals surface area contributed by atoms with Crippen LogP contribution in [0.4, 0.5) is 0 Å². The highest BCUT2D eigenvalue weighted by Gasteiger charge is 2.19. The Morgan fingerprint density at radius 1 is 1.43 bits per heavy atom. The van der Waals surface area contributed by atoms with E-state index in [2.05, 4.69) is 21.2 Å². The summed E-state index contributed by atoms with van der Waals surface area (Å²) in [6, 6.07) is 5.26. The molecule has 1 atom stereocenters. The predicted octanol–water partition coefficient (Wildman–Crippen LogP) is 4.57. The fraction of sp³-hybridized carbons (Fsp3) is 0.562. The molecule has 0 saturated heterocycles. The number of carbonyl (C=O) groups is 1. The van der Waals surface area contributed by atoms with Crippen LogP contribution in [0.25, 0.3) is 0 Å². The van der Waals surface area contributed by atoms with Crippen molar-refractivity contribution in [3.8, 4) is 5.75 Å². The van der Waals surface area contributed by atoms with E-state index in [1.165, 1.54) is 32.1 Å². The molecule has 21 heavy (non-hydrogen) atoms. The molecular weight excluding hydrogens is 354 g/mol. The van der Waals surface area contributed by atoms with Gasteiger partial charge in [0.05, 0.1) is 4.47 Å². The second kappa shape index (κ2) is 8.04. The van der Waals surface area contributed by atoms with E-state index in [0.717, 1.165) is 11.0 Å². The number of hydrogen-bond acceptors (Lipinski definition) is 2. The summed E-state index contributed by atoms with van der Waals surface area (Å²) in [7, 11) is 0. The Hall–Kier alpha value is -0.740. The third kappa shape index (κ3) is 5.19. The Bertz CT molecular complexity index is 489. The molecule has 0 bridgehead atoms. The first-order valence-electron chi connectivity index (χ1n) is 7.45. The SMILES string of the molecule is C[C@@H](Oc1ccc(Cl)cc1Br)C(=O)NCC1CCCCC1. The Kier molecular flexibility index (Phi) is 6.37. The number of nitrogens with one attached hydrogen (secondary N) is 1. The van der Waals surface area contributed by atoms with E-state index in [-0.39, 0.29) is 5.91 Å². The summed E-state index contributed by atoms with van der Waals surface area (Å²) in [5.74, 6) is 1.18. The highest BCUT2D eigenvalue weighted by atomic mass is 79.9. The van der Waals surface area contributed by atoms with E-state index in [9.17, 15) is 4.79 Å². The van der Waals surface area contributed by atoms with Gasteiger partial charge in [0.25, 0.3) is 5.91 Å². The van der Waals surface area contributed by atoms with Crippen LogP contribution >= 0.6 is 27.5 Å². The zero-order chi connectivity index (χ0) is 15.2. The highest BCUT2D eigenvalue weighted by molar-refractivity contribution is 9.10. The molecule has 0 heterocycles. The number of rotatable bonds is 5. The minimum absolute atomic E-state index is 0.0672. The Morgan fingerprint density at radius 3 is 2.81 bits per heavy atom. The van der Waals surface area contributed by atoms with Gasteiger partial charge in [-0.05, 0) is 59.8 Å². The zero-order valence-corrected chi connectivity index (χ0v) is 14.5. The van der Waals surface area contributed by atoms with Crippen molar-refractivity contribution in [3.05, 3.63) is 27.7 Å². The molecule has 1 saturated carbocycles. The maximum Gasteiger partial charge on any atom is 0.260 e. The third-order valence-electron chi connectivity index (χ3n) is 3.86. The van der Waals surface area contributed by atoms with Crippen LogP contribution in [-0.4, -0.2) is 18.6 Å². The molecule has 116 valence electrons. The monoisotopic (exact) mass is 373 g/mol. The van der Waals surface area contributed by atoms with Gasteiger partial charge in [-0.15, -0.1) is 0 Å². The molecule has 1 fully saturated rings. The maximum absolute atomic E-state index is 12.1. The maximum atomic E-state index is 12.1. The number of halogens is 2. The lowest BCUT2D eigenvalue weighted by Crippen LogP contribution is -2.39. The molecule has 3 nitrogen and oxygen atoms in total. The van der Waals surface area contributed by atoms with Crippen molar-refractivity contribution in [3.63, 3.8) is 0 Å². The van der Waals surface area contributed by atoms with E-state index in [1.54, 1.807) is 25.1 Å².